The number of nitrogens with one attached hydrogen (secondary N) is 1. The fraction of sp³-hybridized carbons (Fsp3) is 0.231. The maximum Gasteiger partial charge on any atom is 0.225 e. The minimum absolute atomic E-state index is 0.0151. The highest BCUT2D eigenvalue weighted by Crippen LogP contribution is 2.24. The molecule has 0 saturated carbocycles. The van der Waals surface area contributed by atoms with Crippen LogP contribution in [0.1, 0.15) is 5.56 Å². The summed E-state index contributed by atoms with van der Waals surface area (Å²) in [5, 5.41) is 12.7. The number of anilines is 1. The SMILES string of the molecule is CNc1cc(Oc2cccc(CO)c2)nc(SC)n1. The highest BCUT2D eigenvalue weighted by molar-refractivity contribution is 7.98. The fourth-order valence-electron chi connectivity index (χ4n) is 1.50. The smallest absolute Gasteiger partial charge is 0.225 e. The molecule has 0 aliphatic heterocycles. The lowest BCUT2D eigenvalue weighted by molar-refractivity contribution is 0.281. The number of aliphatic hydroxyl groups is 1. The van der Waals surface area contributed by atoms with E-state index in [-0.39, 0.29) is 6.61 Å². The monoisotopic (exact) mass is 277 g/mol. The molecular weight excluding hydrogens is 262 g/mol. The fourth-order valence-corrected chi connectivity index (χ4v) is 1.87. The van der Waals surface area contributed by atoms with Crippen molar-refractivity contribution >= 4 is 17.6 Å². The Morgan fingerprint density at radius 1 is 1.32 bits per heavy atom. The van der Waals surface area contributed by atoms with E-state index in [1.807, 2.05) is 24.5 Å². The topological polar surface area (TPSA) is 67.3 Å². The largest absolute Gasteiger partial charge is 0.439 e. The van der Waals surface area contributed by atoms with Gasteiger partial charge in [0.1, 0.15) is 11.6 Å². The molecular formula is C13H15N3O2S. The average molecular weight is 277 g/mol. The zero-order valence-electron chi connectivity index (χ0n) is 10.8. The Labute approximate surface area is 116 Å². The second-order valence-corrected chi connectivity index (χ2v) is 4.51. The van der Waals surface area contributed by atoms with Crippen LogP contribution in [0.2, 0.25) is 0 Å². The van der Waals surface area contributed by atoms with E-state index in [2.05, 4.69) is 15.3 Å². The maximum atomic E-state index is 9.10. The molecule has 0 amide bonds. The zero-order valence-corrected chi connectivity index (χ0v) is 11.6. The molecule has 2 aromatic rings. The lowest BCUT2D eigenvalue weighted by atomic mass is 10.2. The van der Waals surface area contributed by atoms with Gasteiger partial charge >= 0.3 is 0 Å². The molecule has 0 aliphatic carbocycles. The number of thioether (sulfide) groups is 1. The van der Waals surface area contributed by atoms with Crippen molar-refractivity contribution in [3.63, 3.8) is 0 Å². The summed E-state index contributed by atoms with van der Waals surface area (Å²) in [6, 6.07) is 8.99. The molecule has 6 heteroatoms. The van der Waals surface area contributed by atoms with Crippen molar-refractivity contribution < 1.29 is 9.84 Å². The van der Waals surface area contributed by atoms with Gasteiger partial charge in [-0.05, 0) is 24.0 Å². The van der Waals surface area contributed by atoms with Gasteiger partial charge in [-0.3, -0.25) is 0 Å². The second-order valence-electron chi connectivity index (χ2n) is 3.74. The van der Waals surface area contributed by atoms with Crippen molar-refractivity contribution in [2.75, 3.05) is 18.6 Å². The molecule has 0 atom stereocenters. The van der Waals surface area contributed by atoms with E-state index in [0.717, 1.165) is 5.56 Å². The van der Waals surface area contributed by atoms with Gasteiger partial charge in [-0.25, -0.2) is 4.98 Å². The third-order valence-corrected chi connectivity index (χ3v) is 2.97. The summed E-state index contributed by atoms with van der Waals surface area (Å²) in [5.41, 5.74) is 0.797. The average Bonchev–Trinajstić information content (AvgIpc) is 2.47. The van der Waals surface area contributed by atoms with E-state index in [0.29, 0.717) is 22.6 Å². The Kier molecular flexibility index (Phi) is 4.59. The first-order valence-electron chi connectivity index (χ1n) is 5.73. The van der Waals surface area contributed by atoms with Crippen LogP contribution in [0.3, 0.4) is 0 Å². The van der Waals surface area contributed by atoms with Crippen molar-refractivity contribution in [3.05, 3.63) is 35.9 Å². The summed E-state index contributed by atoms with van der Waals surface area (Å²) in [4.78, 5) is 8.54. The van der Waals surface area contributed by atoms with Crippen molar-refractivity contribution in [2.24, 2.45) is 0 Å². The Hall–Kier alpha value is -1.79. The van der Waals surface area contributed by atoms with E-state index in [1.54, 1.807) is 19.2 Å². The minimum atomic E-state index is -0.0151. The molecule has 1 aromatic heterocycles. The Morgan fingerprint density at radius 3 is 2.84 bits per heavy atom. The Balaban J connectivity index is 2.26. The van der Waals surface area contributed by atoms with Crippen LogP contribution in [0.4, 0.5) is 5.82 Å². The number of rotatable bonds is 5. The van der Waals surface area contributed by atoms with Gasteiger partial charge in [-0.2, -0.15) is 4.98 Å². The van der Waals surface area contributed by atoms with Crippen LogP contribution in [0.25, 0.3) is 0 Å². The summed E-state index contributed by atoms with van der Waals surface area (Å²) in [7, 11) is 1.79. The third kappa shape index (κ3) is 3.59. The molecule has 100 valence electrons. The van der Waals surface area contributed by atoms with Crippen molar-refractivity contribution in [3.8, 4) is 11.6 Å². The van der Waals surface area contributed by atoms with E-state index >= 15 is 0 Å². The summed E-state index contributed by atoms with van der Waals surface area (Å²) in [5.74, 6) is 1.81. The van der Waals surface area contributed by atoms with Crippen LogP contribution in [0.15, 0.2) is 35.5 Å². The van der Waals surface area contributed by atoms with Gasteiger partial charge in [0.2, 0.25) is 5.88 Å². The van der Waals surface area contributed by atoms with Crippen LogP contribution in [-0.4, -0.2) is 28.4 Å². The second kappa shape index (κ2) is 6.40. The Morgan fingerprint density at radius 2 is 2.16 bits per heavy atom. The zero-order chi connectivity index (χ0) is 13.7. The van der Waals surface area contributed by atoms with Gasteiger partial charge in [-0.15, -0.1) is 0 Å². The molecule has 1 aromatic carbocycles. The highest BCUT2D eigenvalue weighted by atomic mass is 32.2. The van der Waals surface area contributed by atoms with Gasteiger partial charge in [-0.1, -0.05) is 23.9 Å². The Bertz CT molecular complexity index is 541. The molecule has 0 unspecified atom stereocenters. The van der Waals surface area contributed by atoms with Crippen LogP contribution >= 0.6 is 11.8 Å². The lowest BCUT2D eigenvalue weighted by Crippen LogP contribution is -1.98. The summed E-state index contributed by atoms with van der Waals surface area (Å²) >= 11 is 1.45. The van der Waals surface area contributed by atoms with Gasteiger partial charge < -0.3 is 15.2 Å². The standard InChI is InChI=1S/C13H15N3O2S/c1-14-11-7-12(16-13(15-11)19-2)18-10-5-3-4-9(6-10)8-17/h3-7,17H,8H2,1-2H3,(H,14,15,16). The summed E-state index contributed by atoms with van der Waals surface area (Å²) in [6.07, 6.45) is 1.91. The minimum Gasteiger partial charge on any atom is -0.439 e. The molecule has 19 heavy (non-hydrogen) atoms. The first-order chi connectivity index (χ1) is 9.25. The number of ether oxygens (including phenoxy) is 1. The lowest BCUT2D eigenvalue weighted by Gasteiger charge is -2.08. The van der Waals surface area contributed by atoms with Crippen LogP contribution in [-0.2, 0) is 6.61 Å². The van der Waals surface area contributed by atoms with E-state index < -0.39 is 0 Å². The van der Waals surface area contributed by atoms with E-state index in [4.69, 9.17) is 9.84 Å². The third-order valence-electron chi connectivity index (χ3n) is 2.42. The molecule has 0 spiro atoms. The van der Waals surface area contributed by atoms with Crippen molar-refractivity contribution in [2.45, 2.75) is 11.8 Å². The molecule has 0 radical (unpaired) electrons. The first kappa shape index (κ1) is 13.6. The first-order valence-corrected chi connectivity index (χ1v) is 6.96. The molecule has 1 heterocycles. The highest BCUT2D eigenvalue weighted by Gasteiger charge is 2.05. The molecule has 0 fully saturated rings. The number of nitrogens with zero attached hydrogens (tertiary/aromatic N) is 2. The predicted octanol–water partition coefficient (Wildman–Crippen LogP) is 2.52. The van der Waals surface area contributed by atoms with Crippen LogP contribution < -0.4 is 10.1 Å². The molecule has 2 rings (SSSR count). The number of aromatic nitrogens is 2. The van der Waals surface area contributed by atoms with Gasteiger partial charge in [0.25, 0.3) is 0 Å². The van der Waals surface area contributed by atoms with E-state index in [1.165, 1.54) is 11.8 Å². The predicted molar refractivity (Wildman–Crippen MR) is 75.8 cm³/mol. The van der Waals surface area contributed by atoms with Crippen LogP contribution in [0, 0.1) is 0 Å². The van der Waals surface area contributed by atoms with E-state index in [9.17, 15) is 0 Å². The molecule has 0 bridgehead atoms. The van der Waals surface area contributed by atoms with Gasteiger partial charge in [0, 0.05) is 13.1 Å². The number of hydrogen-bond donors (Lipinski definition) is 2. The summed E-state index contributed by atoms with van der Waals surface area (Å²) in [6.45, 7) is -0.0151. The number of hydrogen-bond acceptors (Lipinski definition) is 6. The van der Waals surface area contributed by atoms with Crippen LogP contribution in [0.5, 0.6) is 11.6 Å². The number of aliphatic hydroxyl groups excluding tert-OH is 1. The normalized spacial score (nSPS) is 10.3. The van der Waals surface area contributed by atoms with Crippen molar-refractivity contribution in [1.29, 1.82) is 0 Å². The molecule has 0 aliphatic rings. The quantitative estimate of drug-likeness (QED) is 0.646. The van der Waals surface area contributed by atoms with Crippen molar-refractivity contribution in [1.82, 2.24) is 9.97 Å². The van der Waals surface area contributed by atoms with Gasteiger partial charge in [0.15, 0.2) is 5.16 Å². The molecule has 5 nitrogen and oxygen atoms in total. The maximum absolute atomic E-state index is 9.10. The van der Waals surface area contributed by atoms with Gasteiger partial charge in [0.05, 0.1) is 6.61 Å². The number of benzene rings is 1. The summed E-state index contributed by atoms with van der Waals surface area (Å²) < 4.78 is 5.69. The molecule has 2 N–H and O–H groups in total. The molecule has 0 saturated heterocycles.